The molecule has 7 heteroatoms. The molecule has 1 aromatic heterocycles. The number of likely N-dealkylation sites (tertiary alicyclic amines) is 1. The highest BCUT2D eigenvalue weighted by Crippen LogP contribution is 2.23. The molecule has 3 heterocycles. The van der Waals surface area contributed by atoms with Crippen LogP contribution in [0.2, 0.25) is 0 Å². The van der Waals surface area contributed by atoms with Crippen molar-refractivity contribution in [1.82, 2.24) is 25.0 Å². The molecule has 0 aromatic carbocycles. The maximum atomic E-state index is 12.5. The molecule has 0 aliphatic carbocycles. The van der Waals surface area contributed by atoms with E-state index < -0.39 is 0 Å². The Balaban J connectivity index is 1.58. The Morgan fingerprint density at radius 3 is 2.86 bits per heavy atom. The Hall–Kier alpha value is -1.47. The first-order chi connectivity index (χ1) is 10.1. The molecule has 0 radical (unpaired) electrons. The average molecular weight is 293 g/mol. The number of carbonyl (C=O) groups is 1. The average Bonchev–Trinajstić information content (AvgIpc) is 3.06. The molecule has 1 N–H and O–H groups in total. The van der Waals surface area contributed by atoms with E-state index in [9.17, 15) is 4.79 Å². The lowest BCUT2D eigenvalue weighted by molar-refractivity contribution is -0.131. The van der Waals surface area contributed by atoms with Crippen molar-refractivity contribution in [2.24, 2.45) is 0 Å². The van der Waals surface area contributed by atoms with Gasteiger partial charge in [-0.2, -0.15) is 5.10 Å². The summed E-state index contributed by atoms with van der Waals surface area (Å²) in [6.07, 6.45) is 1.32. The van der Waals surface area contributed by atoms with Gasteiger partial charge in [0.15, 0.2) is 5.82 Å². The minimum absolute atomic E-state index is 0.122. The van der Waals surface area contributed by atoms with Crippen molar-refractivity contribution < 1.29 is 9.53 Å². The lowest BCUT2D eigenvalue weighted by Gasteiger charge is -2.32. The molecule has 21 heavy (non-hydrogen) atoms. The van der Waals surface area contributed by atoms with E-state index in [1.807, 2.05) is 11.8 Å². The van der Waals surface area contributed by atoms with Crippen LogP contribution in [0, 0.1) is 6.92 Å². The minimum atomic E-state index is 0.122. The third kappa shape index (κ3) is 3.24. The number of amides is 1. The summed E-state index contributed by atoms with van der Waals surface area (Å²) in [5, 5.41) is 6.83. The van der Waals surface area contributed by atoms with Crippen LogP contribution in [-0.4, -0.2) is 75.8 Å². The Morgan fingerprint density at radius 2 is 2.19 bits per heavy atom. The summed E-state index contributed by atoms with van der Waals surface area (Å²) in [5.74, 6) is 1.45. The van der Waals surface area contributed by atoms with Gasteiger partial charge in [0.25, 0.3) is 0 Å². The number of hydrogen-bond acceptors (Lipinski definition) is 5. The number of hydrogen-bond donors (Lipinski definition) is 1. The topological polar surface area (TPSA) is 74.3 Å². The summed E-state index contributed by atoms with van der Waals surface area (Å²) < 4.78 is 5.40. The highest BCUT2D eigenvalue weighted by atomic mass is 16.5. The molecule has 2 saturated heterocycles. The third-order valence-electron chi connectivity index (χ3n) is 4.39. The SMILES string of the molecule is Cc1nc(CC(=O)N2CC(N3CCOCC3)CC2C)n[nH]1. The number of aromatic nitrogens is 3. The van der Waals surface area contributed by atoms with Gasteiger partial charge in [0.05, 0.1) is 19.6 Å². The van der Waals surface area contributed by atoms with Crippen LogP contribution in [-0.2, 0) is 16.0 Å². The fourth-order valence-electron chi connectivity index (χ4n) is 3.26. The van der Waals surface area contributed by atoms with Gasteiger partial charge in [-0.3, -0.25) is 14.8 Å². The molecule has 1 amide bonds. The summed E-state index contributed by atoms with van der Waals surface area (Å²) in [7, 11) is 0. The number of morpholine rings is 1. The maximum Gasteiger partial charge on any atom is 0.230 e. The number of nitrogens with one attached hydrogen (secondary N) is 1. The lowest BCUT2D eigenvalue weighted by Crippen LogP contribution is -2.45. The lowest BCUT2D eigenvalue weighted by atomic mass is 10.1. The van der Waals surface area contributed by atoms with Crippen molar-refractivity contribution >= 4 is 5.91 Å². The molecule has 2 aliphatic heterocycles. The van der Waals surface area contributed by atoms with Gasteiger partial charge >= 0.3 is 0 Å². The van der Waals surface area contributed by atoms with E-state index in [-0.39, 0.29) is 18.4 Å². The van der Waals surface area contributed by atoms with E-state index >= 15 is 0 Å². The first kappa shape index (κ1) is 14.5. The van der Waals surface area contributed by atoms with E-state index in [1.165, 1.54) is 0 Å². The normalized spacial score (nSPS) is 27.2. The molecule has 3 rings (SSSR count). The van der Waals surface area contributed by atoms with Crippen LogP contribution in [0.5, 0.6) is 0 Å². The van der Waals surface area contributed by atoms with Crippen molar-refractivity contribution in [1.29, 1.82) is 0 Å². The summed E-state index contributed by atoms with van der Waals surface area (Å²) >= 11 is 0. The largest absolute Gasteiger partial charge is 0.379 e. The summed E-state index contributed by atoms with van der Waals surface area (Å²) in [6.45, 7) is 8.32. The summed E-state index contributed by atoms with van der Waals surface area (Å²) in [4.78, 5) is 21.1. The van der Waals surface area contributed by atoms with Gasteiger partial charge in [-0.1, -0.05) is 0 Å². The van der Waals surface area contributed by atoms with Gasteiger partial charge in [0, 0.05) is 31.7 Å². The fourth-order valence-corrected chi connectivity index (χ4v) is 3.26. The Kier molecular flexibility index (Phi) is 4.21. The summed E-state index contributed by atoms with van der Waals surface area (Å²) in [5.41, 5.74) is 0. The summed E-state index contributed by atoms with van der Waals surface area (Å²) in [6, 6.07) is 0.743. The van der Waals surface area contributed by atoms with E-state index in [0.717, 1.165) is 45.1 Å². The number of aromatic amines is 1. The zero-order valence-corrected chi connectivity index (χ0v) is 12.7. The Morgan fingerprint density at radius 1 is 1.43 bits per heavy atom. The zero-order valence-electron chi connectivity index (χ0n) is 12.7. The predicted octanol–water partition coefficient (Wildman–Crippen LogP) is -0.0228. The highest BCUT2D eigenvalue weighted by Gasteiger charge is 2.36. The van der Waals surface area contributed by atoms with Crippen molar-refractivity contribution in [3.05, 3.63) is 11.6 Å². The van der Waals surface area contributed by atoms with Gasteiger partial charge in [-0.15, -0.1) is 0 Å². The molecule has 7 nitrogen and oxygen atoms in total. The molecule has 116 valence electrons. The van der Waals surface area contributed by atoms with Crippen LogP contribution < -0.4 is 0 Å². The molecular formula is C14H23N5O2. The third-order valence-corrected chi connectivity index (χ3v) is 4.39. The van der Waals surface area contributed by atoms with Gasteiger partial charge in [-0.25, -0.2) is 4.98 Å². The maximum absolute atomic E-state index is 12.5. The quantitative estimate of drug-likeness (QED) is 0.847. The monoisotopic (exact) mass is 293 g/mol. The fraction of sp³-hybridized carbons (Fsp3) is 0.786. The second kappa shape index (κ2) is 6.11. The van der Waals surface area contributed by atoms with Gasteiger partial charge in [0.1, 0.15) is 5.82 Å². The van der Waals surface area contributed by atoms with E-state index in [4.69, 9.17) is 4.74 Å². The van der Waals surface area contributed by atoms with Crippen LogP contribution in [0.15, 0.2) is 0 Å². The first-order valence-corrected chi connectivity index (χ1v) is 7.62. The molecule has 1 aromatic rings. The molecule has 2 atom stereocenters. The van der Waals surface area contributed by atoms with Crippen LogP contribution in [0.25, 0.3) is 0 Å². The Bertz CT molecular complexity index is 497. The van der Waals surface area contributed by atoms with Gasteiger partial charge < -0.3 is 9.64 Å². The van der Waals surface area contributed by atoms with Gasteiger partial charge in [0.2, 0.25) is 5.91 Å². The van der Waals surface area contributed by atoms with Crippen LogP contribution in [0.4, 0.5) is 0 Å². The van der Waals surface area contributed by atoms with Crippen molar-refractivity contribution in [2.75, 3.05) is 32.8 Å². The van der Waals surface area contributed by atoms with E-state index in [2.05, 4.69) is 27.0 Å². The van der Waals surface area contributed by atoms with Crippen molar-refractivity contribution in [3.8, 4) is 0 Å². The smallest absolute Gasteiger partial charge is 0.230 e. The first-order valence-electron chi connectivity index (χ1n) is 7.62. The molecule has 0 saturated carbocycles. The van der Waals surface area contributed by atoms with E-state index in [0.29, 0.717) is 11.9 Å². The molecule has 0 bridgehead atoms. The zero-order chi connectivity index (χ0) is 14.8. The van der Waals surface area contributed by atoms with Crippen LogP contribution in [0.1, 0.15) is 25.0 Å². The molecular weight excluding hydrogens is 270 g/mol. The van der Waals surface area contributed by atoms with Crippen molar-refractivity contribution in [2.45, 2.75) is 38.8 Å². The number of carbonyl (C=O) groups excluding carboxylic acids is 1. The second-order valence-corrected chi connectivity index (χ2v) is 5.95. The molecule has 0 spiro atoms. The number of rotatable bonds is 3. The van der Waals surface area contributed by atoms with Crippen LogP contribution in [0.3, 0.4) is 0 Å². The molecule has 2 aliphatic rings. The molecule has 2 fully saturated rings. The van der Waals surface area contributed by atoms with E-state index in [1.54, 1.807) is 0 Å². The Labute approximate surface area is 124 Å². The predicted molar refractivity (Wildman–Crippen MR) is 76.8 cm³/mol. The van der Waals surface area contributed by atoms with Crippen molar-refractivity contribution in [3.63, 3.8) is 0 Å². The van der Waals surface area contributed by atoms with Crippen LogP contribution >= 0.6 is 0 Å². The second-order valence-electron chi connectivity index (χ2n) is 5.95. The van der Waals surface area contributed by atoms with Gasteiger partial charge in [-0.05, 0) is 20.3 Å². The molecule has 2 unspecified atom stereocenters. The number of nitrogens with zero attached hydrogens (tertiary/aromatic N) is 4. The minimum Gasteiger partial charge on any atom is -0.379 e. The number of H-pyrrole nitrogens is 1. The highest BCUT2D eigenvalue weighted by molar-refractivity contribution is 5.78. The number of aryl methyl sites for hydroxylation is 1. The number of ether oxygens (including phenoxy) is 1. The standard InChI is InChI=1S/C14H23N5O2/c1-10-7-12(18-3-5-21-6-4-18)9-19(10)14(20)8-13-15-11(2)16-17-13/h10,12H,3-9H2,1-2H3,(H,15,16,17).